The maximum Gasteiger partial charge on any atom is 0.234 e. The van der Waals surface area contributed by atoms with Crippen LogP contribution in [0.3, 0.4) is 0 Å². The molecule has 0 saturated heterocycles. The Morgan fingerprint density at radius 2 is 0.620 bits per heavy atom. The molecule has 50 heavy (non-hydrogen) atoms. The van der Waals surface area contributed by atoms with E-state index in [1.807, 2.05) is 0 Å². The molecule has 0 aromatic carbocycles. The Kier molecular flexibility index (Phi) is 229. The third-order valence-electron chi connectivity index (χ3n) is 3.59. The smallest absolute Gasteiger partial charge is 0.234 e. The van der Waals surface area contributed by atoms with Crippen LogP contribution in [-0.2, 0) is 28.8 Å². The van der Waals surface area contributed by atoms with E-state index in [0.717, 1.165) is 19.3 Å². The fourth-order valence-electron chi connectivity index (χ4n) is 2.07. The molecule has 0 aliphatic heterocycles. The normalized spacial score (nSPS) is 6.56. The summed E-state index contributed by atoms with van der Waals surface area (Å²) in [6.07, 6.45) is 3.53. The molecule has 12 nitrogen and oxygen atoms in total. The monoisotopic (exact) mass is 743 g/mol. The molecule has 12 heteroatoms. The van der Waals surface area contributed by atoms with Gasteiger partial charge in [0, 0.05) is 13.0 Å². The zero-order valence-electron chi connectivity index (χ0n) is 23.5. The molecule has 2 amide bonds. The minimum atomic E-state index is -0.155. The zero-order chi connectivity index (χ0) is 28.8. The van der Waals surface area contributed by atoms with Crippen molar-refractivity contribution in [3.8, 4) is 0 Å². The summed E-state index contributed by atoms with van der Waals surface area (Å²) in [4.78, 5) is 62.4. The minimum Gasteiger partial charge on any atom is -0.355 e. The van der Waals surface area contributed by atoms with E-state index in [1.165, 1.54) is 6.92 Å². The first-order valence-electron chi connectivity index (χ1n) is 12.0. The molecule has 324 valence electrons. The van der Waals surface area contributed by atoms with Gasteiger partial charge >= 0.3 is 0 Å². The number of nitrogens with one attached hydrogen (secondary N) is 6. The lowest BCUT2D eigenvalue weighted by molar-refractivity contribution is -0.123. The molecule has 0 rings (SSSR count). The van der Waals surface area contributed by atoms with Crippen LogP contribution in [0, 0.1) is 0 Å². The third-order valence-corrected chi connectivity index (χ3v) is 3.59. The van der Waals surface area contributed by atoms with E-state index in [0.29, 0.717) is 32.6 Å². The number of Topliss-reactive ketones (excluding diaryl/α,β-unsaturated/α-hetero) is 4. The molecule has 0 unspecified atom stereocenters. The maximum absolute atomic E-state index is 11.0. The highest BCUT2D eigenvalue weighted by atomic mass is 16.2. The number of amides is 2. The SMILES string of the molecule is C.C.C.C.C.C.C.C.C.C.C.C.C.C.CNCC(=O)NCC(C)=O.CNCC(=O)NCCCCCC(C)=O.CNCC(C)=O.CNCC(C)=O. The number of ketones is 4. The largest absolute Gasteiger partial charge is 0.355 e. The molecule has 0 saturated carbocycles. The first kappa shape index (κ1) is 118. The molecule has 0 aliphatic carbocycles. The van der Waals surface area contributed by atoms with E-state index in [4.69, 9.17) is 0 Å². The summed E-state index contributed by atoms with van der Waals surface area (Å²) in [5.41, 5.74) is 0. The average Bonchev–Trinajstić information content (AvgIpc) is 2.76. The third kappa shape index (κ3) is 163. The summed E-state index contributed by atoms with van der Waals surface area (Å²) < 4.78 is 0. The summed E-state index contributed by atoms with van der Waals surface area (Å²) in [7, 11) is 6.92. The quantitative estimate of drug-likeness (QED) is 0.0854. The molecule has 6 N–H and O–H groups in total. The molecule has 0 fully saturated rings. The van der Waals surface area contributed by atoms with Crippen LogP contribution in [0.4, 0.5) is 0 Å². The van der Waals surface area contributed by atoms with Crippen molar-refractivity contribution in [3.05, 3.63) is 0 Å². The van der Waals surface area contributed by atoms with Crippen molar-refractivity contribution in [1.82, 2.24) is 31.9 Å². The second-order valence-corrected chi connectivity index (χ2v) is 7.87. The average molecular weight is 743 g/mol. The van der Waals surface area contributed by atoms with E-state index in [1.54, 1.807) is 49.0 Å². The van der Waals surface area contributed by atoms with Gasteiger partial charge in [0.15, 0.2) is 0 Å². The van der Waals surface area contributed by atoms with E-state index in [-0.39, 0.29) is 152 Å². The van der Waals surface area contributed by atoms with E-state index < -0.39 is 0 Å². The molecule has 0 atom stereocenters. The Morgan fingerprint density at radius 1 is 0.340 bits per heavy atom. The first-order chi connectivity index (χ1) is 16.9. The van der Waals surface area contributed by atoms with E-state index in [9.17, 15) is 28.8 Å². The summed E-state index contributed by atoms with van der Waals surface area (Å²) in [5, 5.41) is 16.1. The van der Waals surface area contributed by atoms with Crippen LogP contribution in [-0.4, -0.2) is 102 Å². The van der Waals surface area contributed by atoms with Crippen LogP contribution in [0.25, 0.3) is 0 Å². The van der Waals surface area contributed by atoms with Gasteiger partial charge in [0.25, 0.3) is 0 Å². The van der Waals surface area contributed by atoms with Crippen LogP contribution < -0.4 is 31.9 Å². The van der Waals surface area contributed by atoms with Crippen LogP contribution in [0.2, 0.25) is 0 Å². The number of likely N-dealkylation sites (N-methyl/N-ethyl adjacent to an activating group) is 4. The second-order valence-electron chi connectivity index (χ2n) is 7.87. The highest BCUT2D eigenvalue weighted by Crippen LogP contribution is 1.99. The highest BCUT2D eigenvalue weighted by molar-refractivity contribution is 5.85. The molecule has 0 spiro atoms. The molecule has 0 heterocycles. The Hall–Kier alpha value is -2.54. The number of rotatable bonds is 16. The van der Waals surface area contributed by atoms with Gasteiger partial charge in [0.05, 0.1) is 32.7 Å². The van der Waals surface area contributed by atoms with Crippen molar-refractivity contribution in [2.75, 3.05) is 67.5 Å². The maximum atomic E-state index is 11.0. The molecule has 0 bridgehead atoms. The molecule has 0 radical (unpaired) electrons. The molecular formula is C38H106N6O6. The standard InChI is InChI=1S/C10H20N2O2.C6H12N2O2.2C4H9NO.14CH4/c1-9(13)6-4-3-5-7-12-10(14)8-11-2;1-5(9)3-8-6(10)4-7-2;2*1-4(6)3-5-2;;;;;;;;;;;;;;/h11H,3-8H2,1-2H3,(H,12,14);7H,3-4H2,1-2H3,(H,8,10);2*5H,3H2,1-2H3;14*1H4. The Bertz CT molecular complexity index is 605. The first-order valence-corrected chi connectivity index (χ1v) is 12.0. The summed E-state index contributed by atoms with van der Waals surface area (Å²) in [6, 6.07) is 0. The van der Waals surface area contributed by atoms with Gasteiger partial charge in [-0.25, -0.2) is 0 Å². The Morgan fingerprint density at radius 3 is 0.840 bits per heavy atom. The number of hydrogen-bond donors (Lipinski definition) is 6. The molecule has 0 aromatic heterocycles. The molecular weight excluding hydrogens is 636 g/mol. The van der Waals surface area contributed by atoms with Gasteiger partial charge in [-0.05, 0) is 68.7 Å². The van der Waals surface area contributed by atoms with Crippen molar-refractivity contribution in [2.45, 2.75) is 157 Å². The topological polar surface area (TPSA) is 175 Å². The van der Waals surface area contributed by atoms with Gasteiger partial charge in [-0.15, -0.1) is 0 Å². The fourth-order valence-corrected chi connectivity index (χ4v) is 2.07. The minimum absolute atomic E-state index is 0. The zero-order valence-corrected chi connectivity index (χ0v) is 23.5. The lowest BCUT2D eigenvalue weighted by Gasteiger charge is -2.03. The van der Waals surface area contributed by atoms with Gasteiger partial charge in [0.2, 0.25) is 11.8 Å². The van der Waals surface area contributed by atoms with Gasteiger partial charge in [-0.3, -0.25) is 24.0 Å². The number of unbranched alkanes of at least 4 members (excludes halogenated alkanes) is 2. The number of carbonyl (C=O) groups excluding carboxylic acids is 6. The lowest BCUT2D eigenvalue weighted by atomic mass is 10.1. The summed E-state index contributed by atoms with van der Waals surface area (Å²) in [6.45, 7) is 8.57. The summed E-state index contributed by atoms with van der Waals surface area (Å²) in [5.74, 6) is 0.431. The van der Waals surface area contributed by atoms with Gasteiger partial charge in [0.1, 0.15) is 23.1 Å². The number of hydrogen-bond acceptors (Lipinski definition) is 10. The van der Waals surface area contributed by atoms with Crippen LogP contribution in [0.1, 0.15) is 157 Å². The fraction of sp³-hybridized carbons (Fsp3) is 0.842. The van der Waals surface area contributed by atoms with Crippen molar-refractivity contribution in [3.63, 3.8) is 0 Å². The number of carbonyl (C=O) groups is 6. The predicted octanol–water partition coefficient (Wildman–Crippen LogP) is 7.88. The van der Waals surface area contributed by atoms with Gasteiger partial charge < -0.3 is 36.7 Å². The van der Waals surface area contributed by atoms with Gasteiger partial charge in [-0.1, -0.05) is 110 Å². The van der Waals surface area contributed by atoms with E-state index >= 15 is 0 Å². The Balaban J connectivity index is -0.0000000163. The van der Waals surface area contributed by atoms with Crippen molar-refractivity contribution in [1.29, 1.82) is 0 Å². The Labute approximate surface area is 320 Å². The van der Waals surface area contributed by atoms with Crippen LogP contribution in [0.5, 0.6) is 0 Å². The van der Waals surface area contributed by atoms with E-state index in [2.05, 4.69) is 31.9 Å². The predicted molar refractivity (Wildman–Crippen MR) is 237 cm³/mol. The van der Waals surface area contributed by atoms with Crippen LogP contribution >= 0.6 is 0 Å². The van der Waals surface area contributed by atoms with Crippen molar-refractivity contribution >= 4 is 34.9 Å². The van der Waals surface area contributed by atoms with Crippen LogP contribution in [0.15, 0.2) is 0 Å². The van der Waals surface area contributed by atoms with Gasteiger partial charge in [-0.2, -0.15) is 0 Å². The summed E-state index contributed by atoms with van der Waals surface area (Å²) >= 11 is 0. The highest BCUT2D eigenvalue weighted by Gasteiger charge is 1.99. The molecule has 0 aliphatic rings. The molecule has 0 aromatic rings. The lowest BCUT2D eigenvalue weighted by Crippen LogP contribution is -2.34. The van der Waals surface area contributed by atoms with Crippen molar-refractivity contribution in [2.24, 2.45) is 0 Å². The second kappa shape index (κ2) is 97.0. The van der Waals surface area contributed by atoms with Crippen molar-refractivity contribution < 1.29 is 28.8 Å².